The SMILES string of the molecule is CNc1nn(C)c2c(-c3ccc(C#CC(C)(C)O)nc3C(Cc3cc(F)cc(F)c3)NC(=O)Cn3nc(C(F)F)c4c3C(F)(F)CC4)ccc(Cl)c12. The largest absolute Gasteiger partial charge is 0.378 e. The Labute approximate surface area is 299 Å². The van der Waals surface area contributed by atoms with E-state index < -0.39 is 65.9 Å². The van der Waals surface area contributed by atoms with Crippen molar-refractivity contribution in [1.82, 2.24) is 29.9 Å². The molecule has 2 aromatic carbocycles. The number of hydrogen-bond acceptors (Lipinski definition) is 6. The summed E-state index contributed by atoms with van der Waals surface area (Å²) < 4.78 is 88.5. The number of anilines is 1. The van der Waals surface area contributed by atoms with Gasteiger partial charge in [-0.1, -0.05) is 23.6 Å². The van der Waals surface area contributed by atoms with Gasteiger partial charge in [0, 0.05) is 43.3 Å². The number of rotatable bonds is 9. The molecule has 52 heavy (non-hydrogen) atoms. The molecule has 0 aliphatic heterocycles. The number of pyridine rings is 1. The molecule has 1 amide bonds. The Morgan fingerprint density at radius 1 is 1.08 bits per heavy atom. The van der Waals surface area contributed by atoms with E-state index in [9.17, 15) is 36.2 Å². The Morgan fingerprint density at radius 2 is 1.77 bits per heavy atom. The van der Waals surface area contributed by atoms with E-state index in [1.807, 2.05) is 0 Å². The number of nitrogens with zero attached hydrogens (tertiary/aromatic N) is 5. The van der Waals surface area contributed by atoms with Crippen molar-refractivity contribution in [1.29, 1.82) is 0 Å². The number of benzene rings is 2. The number of nitrogens with one attached hydrogen (secondary N) is 2. The van der Waals surface area contributed by atoms with E-state index in [2.05, 4.69) is 32.7 Å². The standard InChI is InChI=1S/C36H32ClF6N7O2/c1-35(2,52)11-9-21-5-6-22(23-7-8-25(37)28-31(23)49(4)48-34(28)44-3)29(45-21)26(15-18-13-19(38)16-20(39)14-18)46-27(51)17-50-32-24(10-12-36(32,42)43)30(47-50)33(40)41/h5-8,13-14,16,26,33,52H,10,12,15,17H2,1-4H3,(H,44,48)(H,46,51). The van der Waals surface area contributed by atoms with Crippen LogP contribution in [0.15, 0.2) is 42.5 Å². The fourth-order valence-corrected chi connectivity index (χ4v) is 6.69. The van der Waals surface area contributed by atoms with E-state index in [0.717, 1.165) is 12.1 Å². The van der Waals surface area contributed by atoms with Crippen LogP contribution in [0.25, 0.3) is 22.0 Å². The number of aliphatic hydroxyl groups is 1. The highest BCUT2D eigenvalue weighted by Crippen LogP contribution is 2.45. The molecule has 0 saturated heterocycles. The zero-order valence-corrected chi connectivity index (χ0v) is 29.0. The van der Waals surface area contributed by atoms with E-state index in [1.165, 1.54) is 13.8 Å². The summed E-state index contributed by atoms with van der Waals surface area (Å²) in [6, 6.07) is 8.18. The smallest absolute Gasteiger partial charge is 0.290 e. The fourth-order valence-electron chi connectivity index (χ4n) is 6.45. The highest BCUT2D eigenvalue weighted by Gasteiger charge is 2.46. The van der Waals surface area contributed by atoms with Crippen molar-refractivity contribution >= 4 is 34.2 Å². The van der Waals surface area contributed by atoms with Crippen LogP contribution in [0.5, 0.6) is 0 Å². The van der Waals surface area contributed by atoms with Crippen LogP contribution >= 0.6 is 11.6 Å². The number of carbonyl (C=O) groups excluding carboxylic acids is 1. The summed E-state index contributed by atoms with van der Waals surface area (Å²) in [5, 5.41) is 25.1. The van der Waals surface area contributed by atoms with Crippen molar-refractivity contribution < 1.29 is 36.2 Å². The summed E-state index contributed by atoms with van der Waals surface area (Å²) in [5.74, 6) is -0.252. The number of aryl methyl sites for hydroxylation is 1. The maximum absolute atomic E-state index is 14.9. The van der Waals surface area contributed by atoms with Crippen molar-refractivity contribution in [2.24, 2.45) is 7.05 Å². The fraction of sp³-hybridized carbons (Fsp3) is 0.333. The molecule has 0 bridgehead atoms. The van der Waals surface area contributed by atoms with Crippen LogP contribution in [0.3, 0.4) is 0 Å². The van der Waals surface area contributed by atoms with Gasteiger partial charge < -0.3 is 15.7 Å². The van der Waals surface area contributed by atoms with Gasteiger partial charge in [-0.15, -0.1) is 0 Å². The Bertz CT molecular complexity index is 2250. The van der Waals surface area contributed by atoms with Gasteiger partial charge in [0.2, 0.25) is 5.91 Å². The summed E-state index contributed by atoms with van der Waals surface area (Å²) in [5.41, 5.74) is -1.38. The predicted molar refractivity (Wildman–Crippen MR) is 182 cm³/mol. The molecule has 1 aliphatic carbocycles. The summed E-state index contributed by atoms with van der Waals surface area (Å²) in [6.45, 7) is 2.07. The molecule has 1 unspecified atom stereocenters. The van der Waals surface area contributed by atoms with Gasteiger partial charge in [-0.3, -0.25) is 14.2 Å². The molecule has 3 N–H and O–H groups in total. The molecule has 1 aliphatic rings. The number of hydrogen-bond donors (Lipinski definition) is 3. The summed E-state index contributed by atoms with van der Waals surface area (Å²) in [7, 11) is 3.37. The van der Waals surface area contributed by atoms with Crippen molar-refractivity contribution in [2.75, 3.05) is 12.4 Å². The van der Waals surface area contributed by atoms with Crippen LogP contribution < -0.4 is 10.6 Å². The van der Waals surface area contributed by atoms with Crippen LogP contribution in [0.4, 0.5) is 32.2 Å². The highest BCUT2D eigenvalue weighted by molar-refractivity contribution is 6.37. The molecule has 9 nitrogen and oxygen atoms in total. The van der Waals surface area contributed by atoms with Crippen LogP contribution in [-0.2, 0) is 37.2 Å². The molecule has 1 atom stereocenters. The van der Waals surface area contributed by atoms with Gasteiger partial charge in [0.25, 0.3) is 12.3 Å². The van der Waals surface area contributed by atoms with Gasteiger partial charge in [0.1, 0.15) is 40.9 Å². The lowest BCUT2D eigenvalue weighted by Crippen LogP contribution is -2.35. The molecule has 3 aromatic heterocycles. The zero-order chi connectivity index (χ0) is 37.7. The lowest BCUT2D eigenvalue weighted by molar-refractivity contribution is -0.122. The molecule has 5 aromatic rings. The number of fused-ring (bicyclic) bond motifs is 2. The molecule has 0 saturated carbocycles. The Balaban J connectivity index is 1.52. The molecule has 272 valence electrons. The van der Waals surface area contributed by atoms with Gasteiger partial charge in [0.15, 0.2) is 5.82 Å². The molecule has 0 fully saturated rings. The Hall–Kier alpha value is -5.07. The Morgan fingerprint density at radius 3 is 2.42 bits per heavy atom. The quantitative estimate of drug-likeness (QED) is 0.111. The van der Waals surface area contributed by atoms with E-state index in [4.69, 9.17) is 16.6 Å². The second-order valence-electron chi connectivity index (χ2n) is 13.0. The van der Waals surface area contributed by atoms with Crippen molar-refractivity contribution in [2.45, 2.75) is 63.6 Å². The monoisotopic (exact) mass is 743 g/mol. The third-order valence-electron chi connectivity index (χ3n) is 8.53. The first-order valence-electron chi connectivity index (χ1n) is 16.1. The van der Waals surface area contributed by atoms with E-state index in [1.54, 1.807) is 43.0 Å². The molecule has 0 spiro atoms. The zero-order valence-electron chi connectivity index (χ0n) is 28.3. The first-order chi connectivity index (χ1) is 24.5. The van der Waals surface area contributed by atoms with Gasteiger partial charge in [-0.2, -0.15) is 19.0 Å². The third-order valence-corrected chi connectivity index (χ3v) is 8.85. The second kappa shape index (κ2) is 13.8. The molecule has 0 radical (unpaired) electrons. The van der Waals surface area contributed by atoms with Crippen molar-refractivity contribution in [3.8, 4) is 23.0 Å². The van der Waals surface area contributed by atoms with Crippen LogP contribution in [0, 0.1) is 23.5 Å². The van der Waals surface area contributed by atoms with Gasteiger partial charge in [-0.05, 0) is 68.5 Å². The molecule has 6 rings (SSSR count). The van der Waals surface area contributed by atoms with Crippen LogP contribution in [-0.4, -0.2) is 48.2 Å². The van der Waals surface area contributed by atoms with Crippen LogP contribution in [0.1, 0.15) is 66.6 Å². The van der Waals surface area contributed by atoms with Gasteiger partial charge >= 0.3 is 0 Å². The Kier molecular flexibility index (Phi) is 9.75. The predicted octanol–water partition coefficient (Wildman–Crippen LogP) is 7.00. The third kappa shape index (κ3) is 7.31. The van der Waals surface area contributed by atoms with E-state index in [0.29, 0.717) is 43.6 Å². The van der Waals surface area contributed by atoms with Crippen molar-refractivity contribution in [3.05, 3.63) is 93.0 Å². The number of carbonyl (C=O) groups is 1. The number of amides is 1. The molecular formula is C36H32ClF6N7O2. The molecule has 3 heterocycles. The minimum Gasteiger partial charge on any atom is -0.378 e. The second-order valence-corrected chi connectivity index (χ2v) is 13.4. The maximum atomic E-state index is 14.9. The normalized spacial score (nSPS) is 14.3. The molecule has 16 heteroatoms. The highest BCUT2D eigenvalue weighted by atomic mass is 35.5. The van der Waals surface area contributed by atoms with Gasteiger partial charge in [-0.25, -0.2) is 22.5 Å². The number of halogens is 7. The summed E-state index contributed by atoms with van der Waals surface area (Å²) in [4.78, 5) is 18.5. The topological polar surface area (TPSA) is 110 Å². The first kappa shape index (κ1) is 36.7. The van der Waals surface area contributed by atoms with E-state index >= 15 is 0 Å². The molecular weight excluding hydrogens is 712 g/mol. The maximum Gasteiger partial charge on any atom is 0.290 e. The summed E-state index contributed by atoms with van der Waals surface area (Å²) >= 11 is 6.60. The minimum atomic E-state index is -3.49. The lowest BCUT2D eigenvalue weighted by atomic mass is 9.93. The summed E-state index contributed by atoms with van der Waals surface area (Å²) in [6.07, 6.45) is -4.45. The average Bonchev–Trinajstić information content (AvgIpc) is 3.70. The van der Waals surface area contributed by atoms with E-state index in [-0.39, 0.29) is 35.4 Å². The first-order valence-corrected chi connectivity index (χ1v) is 16.4. The van der Waals surface area contributed by atoms with Crippen molar-refractivity contribution in [3.63, 3.8) is 0 Å². The number of aromatic nitrogens is 5. The average molecular weight is 744 g/mol. The van der Waals surface area contributed by atoms with Gasteiger partial charge in [0.05, 0.1) is 27.7 Å². The van der Waals surface area contributed by atoms with Crippen LogP contribution in [0.2, 0.25) is 5.02 Å². The number of alkyl halides is 4. The minimum absolute atomic E-state index is 0.106. The lowest BCUT2D eigenvalue weighted by Gasteiger charge is -2.23.